The molecule has 1 saturated heterocycles. The van der Waals surface area contributed by atoms with Gasteiger partial charge < -0.3 is 40.1 Å². The first kappa shape index (κ1) is 39.2. The number of hydrogen-bond donors (Lipinski definition) is 0. The van der Waals surface area contributed by atoms with Gasteiger partial charge in [-0.1, -0.05) is 23.6 Å². The van der Waals surface area contributed by atoms with Crippen LogP contribution in [-0.4, -0.2) is 34.6 Å². The van der Waals surface area contributed by atoms with Crippen molar-refractivity contribution in [2.24, 2.45) is 0 Å². The van der Waals surface area contributed by atoms with E-state index in [2.05, 4.69) is 58.4 Å². The summed E-state index contributed by atoms with van der Waals surface area (Å²) in [7, 11) is 1.98. The predicted molar refractivity (Wildman–Crippen MR) is 199 cm³/mol. The summed E-state index contributed by atoms with van der Waals surface area (Å²) in [5.41, 5.74) is 5.33. The van der Waals surface area contributed by atoms with Crippen molar-refractivity contribution >= 4 is 11.4 Å². The molecule has 6 aromatic rings. The Kier molecular flexibility index (Phi) is 14.2. The van der Waals surface area contributed by atoms with Crippen LogP contribution in [0.15, 0.2) is 122 Å². The van der Waals surface area contributed by atoms with Gasteiger partial charge in [0.05, 0.1) is 0 Å². The second-order valence-corrected chi connectivity index (χ2v) is 12.0. The summed E-state index contributed by atoms with van der Waals surface area (Å²) in [6.45, 7) is 4.14. The van der Waals surface area contributed by atoms with Crippen LogP contribution in [-0.2, 0) is 42.1 Å². The second-order valence-electron chi connectivity index (χ2n) is 12.0. The van der Waals surface area contributed by atoms with Gasteiger partial charge in [-0.15, -0.1) is 71.9 Å². The minimum absolute atomic E-state index is 0. The molecule has 9 heteroatoms. The van der Waals surface area contributed by atoms with E-state index in [1.54, 1.807) is 23.2 Å². The maximum atomic E-state index is 6.57. The number of ether oxygens (including phenoxy) is 2. The molecule has 7 nitrogen and oxygen atoms in total. The Balaban J connectivity index is 0.000000542. The van der Waals surface area contributed by atoms with Gasteiger partial charge in [-0.05, 0) is 50.8 Å². The molecule has 53 heavy (non-hydrogen) atoms. The van der Waals surface area contributed by atoms with Crippen LogP contribution < -0.4 is 19.3 Å². The molecular weight excluding hydrogens is 1020 g/mol. The first-order valence-corrected chi connectivity index (χ1v) is 16.8. The van der Waals surface area contributed by atoms with Crippen molar-refractivity contribution in [2.75, 3.05) is 29.9 Å². The predicted octanol–water partition coefficient (Wildman–Crippen LogP) is 9.21. The van der Waals surface area contributed by atoms with Crippen LogP contribution in [0.4, 0.5) is 11.4 Å². The number of piperidine rings is 1. The van der Waals surface area contributed by atoms with E-state index in [0.717, 1.165) is 41.2 Å². The van der Waals surface area contributed by atoms with Gasteiger partial charge in [0.15, 0.2) is 0 Å². The molecule has 270 valence electrons. The first-order valence-electron chi connectivity index (χ1n) is 16.8. The molecule has 1 fully saturated rings. The topological polar surface area (TPSA) is 46.0 Å². The summed E-state index contributed by atoms with van der Waals surface area (Å²) in [6.07, 6.45) is 19.5. The van der Waals surface area contributed by atoms with Gasteiger partial charge >= 0.3 is 21.1 Å². The average Bonchev–Trinajstić information content (AvgIpc) is 3.88. The van der Waals surface area contributed by atoms with Crippen LogP contribution in [0.5, 0.6) is 23.0 Å². The molecule has 4 heterocycles. The molecule has 0 bridgehead atoms. The Morgan fingerprint density at radius 1 is 0.736 bits per heavy atom. The number of hydrogen-bond acceptors (Lipinski definition) is 6. The Bertz CT molecular complexity index is 2140. The third kappa shape index (κ3) is 10.5. The van der Waals surface area contributed by atoms with Crippen molar-refractivity contribution in [3.8, 4) is 51.4 Å². The zero-order chi connectivity index (χ0) is 34.8. The van der Waals surface area contributed by atoms with E-state index in [4.69, 9.17) is 15.9 Å². The number of rotatable bonds is 8. The quantitative estimate of drug-likeness (QED) is 0.112. The normalized spacial score (nSPS) is 13.2. The van der Waals surface area contributed by atoms with Gasteiger partial charge in [0.1, 0.15) is 0 Å². The number of nitrogens with zero attached hydrogens (tertiary/aromatic N) is 5. The fourth-order valence-corrected chi connectivity index (χ4v) is 5.74. The molecule has 2 aliphatic rings. The zero-order valence-electron chi connectivity index (χ0n) is 28.8. The fraction of sp³-hybridized carbons (Fsp3) is 0.136. The van der Waals surface area contributed by atoms with Crippen LogP contribution in [0.1, 0.15) is 19.3 Å². The average molecular weight is 1050 g/mol. The zero-order valence-corrected chi connectivity index (χ0v) is 33.4. The maximum Gasteiger partial charge on any atom is 4.00 e. The molecule has 0 amide bonds. The Morgan fingerprint density at radius 2 is 1.42 bits per heavy atom. The van der Waals surface area contributed by atoms with Gasteiger partial charge in [-0.3, -0.25) is 11.1 Å². The van der Waals surface area contributed by atoms with Gasteiger partial charge in [0.25, 0.3) is 0 Å². The molecule has 0 N–H and O–H groups in total. The summed E-state index contributed by atoms with van der Waals surface area (Å²) in [4.78, 5) is 10.9. The van der Waals surface area contributed by atoms with E-state index in [1.807, 2.05) is 115 Å². The summed E-state index contributed by atoms with van der Waals surface area (Å²) in [5.74, 6) is 2.48. The number of anilines is 2. The molecule has 0 radical (unpaired) electrons. The van der Waals surface area contributed by atoms with Gasteiger partial charge in [-0.2, -0.15) is 30.9 Å². The standard InChI is InChI=1S/C38H30N4O2.C6H4N.2Pt/c1-40-21-22-42(28-40)33-12-8-16-37(27-33)44-35-14-6-10-31(24-35)38-25-30(17-18-39-38)29-9-5-13-34(23-29)43-36-15-7-11-32(26-36)41-19-3-2-4-20-41;1-2-7-5-3-4-6-7;;/h5-14,16,18,21-22,25-26,28H,2-4,19-20H2,1H3;3-6H;;/q-6;-1;;+4. The monoisotopic (exact) mass is 1050 g/mol. The smallest absolute Gasteiger partial charge is 0.669 e. The van der Waals surface area contributed by atoms with E-state index in [9.17, 15) is 0 Å². The van der Waals surface area contributed by atoms with Gasteiger partial charge in [-0.25, -0.2) is 24.2 Å². The van der Waals surface area contributed by atoms with E-state index in [0.29, 0.717) is 23.0 Å². The molecule has 0 aliphatic carbocycles. The van der Waals surface area contributed by atoms with Gasteiger partial charge in [0, 0.05) is 69.5 Å². The van der Waals surface area contributed by atoms with E-state index in [1.165, 1.54) is 24.9 Å². The van der Waals surface area contributed by atoms with Crippen LogP contribution in [0.25, 0.3) is 22.4 Å². The van der Waals surface area contributed by atoms with Gasteiger partial charge in [0.2, 0.25) is 0 Å². The van der Waals surface area contributed by atoms with Crippen molar-refractivity contribution in [2.45, 2.75) is 19.3 Å². The first-order chi connectivity index (χ1) is 25.1. The molecule has 0 unspecified atom stereocenters. The Labute approximate surface area is 341 Å². The number of benzene rings is 4. The number of aromatic nitrogens is 2. The third-order valence-electron chi connectivity index (χ3n) is 8.26. The van der Waals surface area contributed by atoms with Crippen molar-refractivity contribution < 1.29 is 51.6 Å². The van der Waals surface area contributed by atoms with Crippen LogP contribution in [0.2, 0.25) is 0 Å². The van der Waals surface area contributed by atoms with Crippen molar-refractivity contribution in [1.29, 1.82) is 0 Å². The second kappa shape index (κ2) is 19.2. The van der Waals surface area contributed by atoms with Crippen molar-refractivity contribution in [3.63, 3.8) is 0 Å². The van der Waals surface area contributed by atoms with Crippen molar-refractivity contribution in [1.82, 2.24) is 14.5 Å². The van der Waals surface area contributed by atoms with Crippen LogP contribution in [0.3, 0.4) is 0 Å². The Hall–Kier alpha value is -5.01. The molecule has 2 aromatic heterocycles. The minimum Gasteiger partial charge on any atom is -0.669 e. The van der Waals surface area contributed by atoms with E-state index < -0.39 is 0 Å². The molecule has 0 saturated carbocycles. The summed E-state index contributed by atoms with van der Waals surface area (Å²) < 4.78 is 13.9. The summed E-state index contributed by atoms with van der Waals surface area (Å²) in [6, 6.07) is 47.9. The maximum absolute atomic E-state index is 6.57. The number of pyridine rings is 1. The van der Waals surface area contributed by atoms with E-state index >= 15 is 0 Å². The minimum atomic E-state index is 0. The molecule has 0 atom stereocenters. The molecule has 0 spiro atoms. The fourth-order valence-electron chi connectivity index (χ4n) is 5.74. The molecule has 2 aliphatic heterocycles. The van der Waals surface area contributed by atoms with Crippen molar-refractivity contribution in [3.05, 3.63) is 165 Å². The SMILES string of the molecule is CN1C=CN(c2[c-]c(Oc3[c-]c(-c4cc(-c5[c-]c(Oc6[c-]ccc(N7CCCCC7)c6)ccc5)[c-]cn4)ccc3)ccc2)[CH-]1.[C-]#Cn1cccc1.[Pt+4].[Pt]. The van der Waals surface area contributed by atoms with Crippen LogP contribution >= 0.6 is 0 Å². The Morgan fingerprint density at radius 3 is 2.11 bits per heavy atom. The van der Waals surface area contributed by atoms with Crippen LogP contribution in [0, 0.1) is 49.5 Å². The third-order valence-corrected chi connectivity index (χ3v) is 8.26. The van der Waals surface area contributed by atoms with E-state index in [-0.39, 0.29) is 42.1 Å². The molecule has 8 rings (SSSR count). The summed E-state index contributed by atoms with van der Waals surface area (Å²) in [5, 5.41) is 0. The molecular formula is C44H34N5O2Pt2-3. The molecule has 4 aromatic carbocycles. The largest absolute Gasteiger partial charge is 4.00 e. The summed E-state index contributed by atoms with van der Waals surface area (Å²) >= 11 is 0.